The van der Waals surface area contributed by atoms with E-state index in [-0.39, 0.29) is 17.7 Å². The van der Waals surface area contributed by atoms with Crippen LogP contribution in [0.5, 0.6) is 5.75 Å². The number of fused-ring (bicyclic) bond motifs is 1. The summed E-state index contributed by atoms with van der Waals surface area (Å²) in [7, 11) is 1.59. The molecule has 2 heterocycles. The highest BCUT2D eigenvalue weighted by atomic mass is 19.1. The number of carbonyl (C=O) groups is 1. The van der Waals surface area contributed by atoms with Crippen molar-refractivity contribution in [1.29, 1.82) is 0 Å². The fraction of sp³-hybridized carbons (Fsp3) is 0.174. The molecule has 0 spiro atoms. The van der Waals surface area contributed by atoms with Crippen molar-refractivity contribution in [2.75, 3.05) is 7.11 Å². The van der Waals surface area contributed by atoms with E-state index in [9.17, 15) is 14.0 Å². The van der Waals surface area contributed by atoms with Gasteiger partial charge in [-0.25, -0.2) is 14.5 Å². The average Bonchev–Trinajstić information content (AvgIpc) is 3.21. The van der Waals surface area contributed by atoms with Crippen LogP contribution in [-0.2, 0) is 17.8 Å². The summed E-state index contributed by atoms with van der Waals surface area (Å²) >= 11 is 0. The molecule has 9 nitrogen and oxygen atoms in total. The molecule has 0 aliphatic carbocycles. The van der Waals surface area contributed by atoms with Crippen molar-refractivity contribution >= 4 is 23.1 Å². The van der Waals surface area contributed by atoms with Crippen molar-refractivity contribution in [2.24, 2.45) is 5.10 Å². The number of carbonyl (C=O) groups excluding carboxylic acids is 1. The number of methoxy groups -OCH3 is 1. The van der Waals surface area contributed by atoms with Gasteiger partial charge < -0.3 is 9.26 Å². The van der Waals surface area contributed by atoms with Gasteiger partial charge in [-0.1, -0.05) is 29.4 Å². The number of rotatable bonds is 7. The van der Waals surface area contributed by atoms with E-state index >= 15 is 0 Å². The molecule has 0 saturated heterocycles. The number of benzene rings is 2. The van der Waals surface area contributed by atoms with Gasteiger partial charge in [-0.3, -0.25) is 9.59 Å². The Morgan fingerprint density at radius 1 is 1.21 bits per heavy atom. The molecule has 0 saturated carbocycles. The minimum Gasteiger partial charge on any atom is -0.497 e. The van der Waals surface area contributed by atoms with Crippen molar-refractivity contribution in [2.45, 2.75) is 19.9 Å². The third-order valence-corrected chi connectivity index (χ3v) is 4.91. The molecule has 4 rings (SSSR count). The number of aryl methyl sites for hydroxylation is 1. The third-order valence-electron chi connectivity index (χ3n) is 4.91. The normalized spacial score (nSPS) is 11.2. The SMILES string of the molecule is COc1ccc(Cc2nn(CC(=O)N/N=C/c3ccc(F)cc3)c(=O)c3c(C)noc23)cc1. The van der Waals surface area contributed by atoms with E-state index < -0.39 is 11.5 Å². The number of nitrogens with zero attached hydrogens (tertiary/aromatic N) is 4. The summed E-state index contributed by atoms with van der Waals surface area (Å²) in [4.78, 5) is 25.3. The average molecular weight is 449 g/mol. The zero-order valence-corrected chi connectivity index (χ0v) is 17.9. The smallest absolute Gasteiger partial charge is 0.280 e. The maximum Gasteiger partial charge on any atom is 0.280 e. The fourth-order valence-corrected chi connectivity index (χ4v) is 3.24. The minimum absolute atomic E-state index is 0.274. The second-order valence-corrected chi connectivity index (χ2v) is 7.25. The predicted octanol–water partition coefficient (Wildman–Crippen LogP) is 2.58. The second kappa shape index (κ2) is 9.43. The van der Waals surface area contributed by atoms with Crippen molar-refractivity contribution in [3.63, 3.8) is 0 Å². The van der Waals surface area contributed by atoms with Gasteiger partial charge in [0.15, 0.2) is 5.58 Å². The predicted molar refractivity (Wildman–Crippen MR) is 119 cm³/mol. The van der Waals surface area contributed by atoms with Gasteiger partial charge in [0, 0.05) is 6.42 Å². The molecule has 0 bridgehead atoms. The first kappa shape index (κ1) is 21.9. The van der Waals surface area contributed by atoms with Crippen molar-refractivity contribution in [3.05, 3.63) is 87.2 Å². The minimum atomic E-state index is -0.549. The van der Waals surface area contributed by atoms with Gasteiger partial charge in [0.25, 0.3) is 11.5 Å². The first-order valence-electron chi connectivity index (χ1n) is 10.0. The summed E-state index contributed by atoms with van der Waals surface area (Å²) in [5, 5.41) is 12.4. The molecular weight excluding hydrogens is 429 g/mol. The second-order valence-electron chi connectivity index (χ2n) is 7.25. The first-order chi connectivity index (χ1) is 15.9. The molecule has 0 aliphatic rings. The Bertz CT molecular complexity index is 1380. The molecule has 2 aromatic heterocycles. The first-order valence-corrected chi connectivity index (χ1v) is 10.0. The quantitative estimate of drug-likeness (QED) is 0.343. The van der Waals surface area contributed by atoms with E-state index in [4.69, 9.17) is 9.26 Å². The van der Waals surface area contributed by atoms with E-state index in [2.05, 4.69) is 20.8 Å². The van der Waals surface area contributed by atoms with Crippen LogP contribution >= 0.6 is 0 Å². The standard InChI is InChI=1S/C23H20FN5O4/c1-14-21-22(33-28-14)19(11-15-5-9-18(32-2)10-6-15)27-29(23(21)31)13-20(30)26-25-12-16-3-7-17(24)8-4-16/h3-10,12H,11,13H2,1-2H3,(H,26,30)/b25-12+. The summed E-state index contributed by atoms with van der Waals surface area (Å²) in [6, 6.07) is 13.0. The van der Waals surface area contributed by atoms with Gasteiger partial charge in [0.1, 0.15) is 29.2 Å². The number of amides is 1. The summed E-state index contributed by atoms with van der Waals surface area (Å²) < 4.78 is 24.6. The van der Waals surface area contributed by atoms with Crippen LogP contribution in [0.15, 0.2) is 62.9 Å². The van der Waals surface area contributed by atoms with Gasteiger partial charge in [0.2, 0.25) is 0 Å². The lowest BCUT2D eigenvalue weighted by Gasteiger charge is -2.08. The molecule has 1 N–H and O–H groups in total. The van der Waals surface area contributed by atoms with E-state index in [1.165, 1.54) is 30.5 Å². The molecule has 0 fully saturated rings. The molecule has 2 aromatic carbocycles. The lowest BCUT2D eigenvalue weighted by atomic mass is 10.1. The highest BCUT2D eigenvalue weighted by Crippen LogP contribution is 2.20. The van der Waals surface area contributed by atoms with E-state index in [0.29, 0.717) is 29.0 Å². The van der Waals surface area contributed by atoms with E-state index in [1.807, 2.05) is 24.3 Å². The number of aromatic nitrogens is 3. The number of halogens is 1. The van der Waals surface area contributed by atoms with E-state index in [0.717, 1.165) is 16.0 Å². The highest BCUT2D eigenvalue weighted by Gasteiger charge is 2.19. The molecule has 10 heteroatoms. The maximum absolute atomic E-state index is 13.0. The number of hydrogen-bond acceptors (Lipinski definition) is 7. The molecule has 1 amide bonds. The number of hydrogen-bond donors (Lipinski definition) is 1. The van der Waals surface area contributed by atoms with Crippen LogP contribution in [0.25, 0.3) is 11.0 Å². The van der Waals surface area contributed by atoms with Crippen LogP contribution in [0.2, 0.25) is 0 Å². The number of nitrogens with one attached hydrogen (secondary N) is 1. The number of hydrazone groups is 1. The lowest BCUT2D eigenvalue weighted by molar-refractivity contribution is -0.121. The summed E-state index contributed by atoms with van der Waals surface area (Å²) in [5.41, 5.74) is 4.55. The Balaban J connectivity index is 1.56. The van der Waals surface area contributed by atoms with Crippen molar-refractivity contribution < 1.29 is 18.4 Å². The fourth-order valence-electron chi connectivity index (χ4n) is 3.24. The monoisotopic (exact) mass is 449 g/mol. The molecule has 0 unspecified atom stereocenters. The Morgan fingerprint density at radius 2 is 1.94 bits per heavy atom. The van der Waals surface area contributed by atoms with Crippen LogP contribution in [0.3, 0.4) is 0 Å². The summed E-state index contributed by atoms with van der Waals surface area (Å²) in [6.07, 6.45) is 1.73. The summed E-state index contributed by atoms with van der Waals surface area (Å²) in [6.45, 7) is 1.30. The molecule has 4 aromatic rings. The molecule has 33 heavy (non-hydrogen) atoms. The molecule has 0 aliphatic heterocycles. The number of ether oxygens (including phenoxy) is 1. The van der Waals surface area contributed by atoms with Crippen LogP contribution in [0.4, 0.5) is 4.39 Å². The molecule has 0 radical (unpaired) electrons. The van der Waals surface area contributed by atoms with Gasteiger partial charge in [0.05, 0.1) is 19.0 Å². The Labute approximate surface area is 187 Å². The zero-order chi connectivity index (χ0) is 23.4. The van der Waals surface area contributed by atoms with Crippen molar-refractivity contribution in [1.82, 2.24) is 20.4 Å². The molecule has 168 valence electrons. The van der Waals surface area contributed by atoms with Gasteiger partial charge in [-0.05, 0) is 42.3 Å². The Morgan fingerprint density at radius 3 is 2.64 bits per heavy atom. The third kappa shape index (κ3) is 4.95. The summed E-state index contributed by atoms with van der Waals surface area (Å²) in [5.74, 6) is -0.200. The lowest BCUT2D eigenvalue weighted by Crippen LogP contribution is -2.32. The van der Waals surface area contributed by atoms with Gasteiger partial charge in [-0.2, -0.15) is 10.2 Å². The van der Waals surface area contributed by atoms with Gasteiger partial charge >= 0.3 is 0 Å². The maximum atomic E-state index is 13.0. The largest absolute Gasteiger partial charge is 0.497 e. The zero-order valence-electron chi connectivity index (χ0n) is 17.9. The van der Waals surface area contributed by atoms with Crippen LogP contribution in [0.1, 0.15) is 22.5 Å². The van der Waals surface area contributed by atoms with Gasteiger partial charge in [-0.15, -0.1) is 0 Å². The van der Waals surface area contributed by atoms with Crippen LogP contribution < -0.4 is 15.7 Å². The van der Waals surface area contributed by atoms with Crippen LogP contribution in [0, 0.1) is 12.7 Å². The topological polar surface area (TPSA) is 112 Å². The van der Waals surface area contributed by atoms with Crippen molar-refractivity contribution in [3.8, 4) is 5.75 Å². The van der Waals surface area contributed by atoms with Crippen LogP contribution in [-0.4, -0.2) is 34.2 Å². The van der Waals surface area contributed by atoms with E-state index in [1.54, 1.807) is 14.0 Å². The molecule has 0 atom stereocenters. The highest BCUT2D eigenvalue weighted by molar-refractivity contribution is 5.83. The Kier molecular flexibility index (Phi) is 6.25. The Hall–Kier alpha value is -4.34. The molecular formula is C23H20FN5O4.